The van der Waals surface area contributed by atoms with Crippen LogP contribution in [-0.2, 0) is 0 Å². The number of rotatable bonds is 6. The predicted molar refractivity (Wildman–Crippen MR) is 116 cm³/mol. The Morgan fingerprint density at radius 3 is 2.10 bits per heavy atom. The highest BCUT2D eigenvalue weighted by Crippen LogP contribution is 2.21. The number of para-hydroxylation sites is 1. The number of amides is 2. The number of hydrogen-bond donors (Lipinski definition) is 2. The van der Waals surface area contributed by atoms with Gasteiger partial charge in [-0.25, -0.2) is 0 Å². The van der Waals surface area contributed by atoms with E-state index in [1.807, 2.05) is 31.2 Å². The van der Waals surface area contributed by atoms with Gasteiger partial charge in [-0.05, 0) is 67.6 Å². The summed E-state index contributed by atoms with van der Waals surface area (Å²) in [5, 5.41) is 6.49. The van der Waals surface area contributed by atoms with Gasteiger partial charge in [0.2, 0.25) is 0 Å². The van der Waals surface area contributed by atoms with Crippen molar-refractivity contribution in [2.45, 2.75) is 6.92 Å². The third kappa shape index (κ3) is 4.33. The number of carbonyl (C=O) groups is 2. The number of nitrogens with one attached hydrogen (secondary N) is 2. The fourth-order valence-electron chi connectivity index (χ4n) is 3.00. The van der Waals surface area contributed by atoms with E-state index in [4.69, 9.17) is 9.15 Å². The maximum absolute atomic E-state index is 12.4. The number of fused-ring (bicyclic) bond motifs is 1. The second-order valence-electron chi connectivity index (χ2n) is 6.59. The van der Waals surface area contributed by atoms with Gasteiger partial charge in [0.25, 0.3) is 11.8 Å². The molecular weight excluding hydrogens is 380 g/mol. The van der Waals surface area contributed by atoms with Crippen LogP contribution >= 0.6 is 0 Å². The molecule has 0 saturated carbocycles. The monoisotopic (exact) mass is 400 g/mol. The molecule has 150 valence electrons. The summed E-state index contributed by atoms with van der Waals surface area (Å²) in [5.41, 5.74) is 2.41. The second kappa shape index (κ2) is 8.53. The lowest BCUT2D eigenvalue weighted by molar-refractivity contribution is 0.0996. The summed E-state index contributed by atoms with van der Waals surface area (Å²) in [4.78, 5) is 24.8. The van der Waals surface area contributed by atoms with Gasteiger partial charge in [0.1, 0.15) is 11.3 Å². The van der Waals surface area contributed by atoms with Crippen LogP contribution < -0.4 is 15.4 Å². The minimum absolute atomic E-state index is 0.225. The smallest absolute Gasteiger partial charge is 0.291 e. The molecule has 3 aromatic carbocycles. The zero-order valence-corrected chi connectivity index (χ0v) is 16.3. The summed E-state index contributed by atoms with van der Waals surface area (Å²) in [6.07, 6.45) is 0. The van der Waals surface area contributed by atoms with E-state index in [0.717, 1.165) is 11.1 Å². The van der Waals surface area contributed by atoms with Crippen molar-refractivity contribution in [3.05, 3.63) is 90.2 Å². The van der Waals surface area contributed by atoms with Gasteiger partial charge in [-0.1, -0.05) is 18.2 Å². The van der Waals surface area contributed by atoms with Crippen molar-refractivity contribution in [1.82, 2.24) is 0 Å². The van der Waals surface area contributed by atoms with E-state index in [-0.39, 0.29) is 17.6 Å². The number of anilines is 2. The lowest BCUT2D eigenvalue weighted by Crippen LogP contribution is -2.13. The molecule has 0 spiro atoms. The van der Waals surface area contributed by atoms with Crippen LogP contribution in [0.3, 0.4) is 0 Å². The molecule has 1 heterocycles. The third-order valence-corrected chi connectivity index (χ3v) is 4.48. The van der Waals surface area contributed by atoms with E-state index in [0.29, 0.717) is 29.1 Å². The Balaban J connectivity index is 1.38. The Labute approximate surface area is 173 Å². The van der Waals surface area contributed by atoms with E-state index >= 15 is 0 Å². The lowest BCUT2D eigenvalue weighted by atomic mass is 10.2. The van der Waals surface area contributed by atoms with Crippen LogP contribution in [0, 0.1) is 0 Å². The molecular formula is C24H20N2O4. The Hall–Kier alpha value is -4.06. The van der Waals surface area contributed by atoms with Crippen LogP contribution in [0.25, 0.3) is 11.0 Å². The lowest BCUT2D eigenvalue weighted by Gasteiger charge is -2.08. The quantitative estimate of drug-likeness (QED) is 0.458. The Morgan fingerprint density at radius 1 is 0.833 bits per heavy atom. The highest BCUT2D eigenvalue weighted by molar-refractivity contribution is 6.06. The van der Waals surface area contributed by atoms with Crippen LogP contribution in [0.15, 0.2) is 83.3 Å². The van der Waals surface area contributed by atoms with Crippen LogP contribution in [0.5, 0.6) is 5.75 Å². The van der Waals surface area contributed by atoms with Crippen molar-refractivity contribution in [3.63, 3.8) is 0 Å². The van der Waals surface area contributed by atoms with E-state index < -0.39 is 0 Å². The van der Waals surface area contributed by atoms with Gasteiger partial charge in [-0.15, -0.1) is 0 Å². The van der Waals surface area contributed by atoms with Gasteiger partial charge in [0, 0.05) is 22.3 Å². The minimum Gasteiger partial charge on any atom is -0.494 e. The molecule has 0 unspecified atom stereocenters. The molecule has 6 nitrogen and oxygen atoms in total. The van der Waals surface area contributed by atoms with Gasteiger partial charge in [0.15, 0.2) is 5.76 Å². The zero-order chi connectivity index (χ0) is 20.9. The molecule has 2 N–H and O–H groups in total. The second-order valence-corrected chi connectivity index (χ2v) is 6.59. The fraction of sp³-hybridized carbons (Fsp3) is 0.0833. The van der Waals surface area contributed by atoms with Gasteiger partial charge in [0.05, 0.1) is 6.61 Å². The molecule has 0 aliphatic rings. The predicted octanol–water partition coefficient (Wildman–Crippen LogP) is 5.34. The molecule has 0 aliphatic heterocycles. The Morgan fingerprint density at radius 2 is 1.47 bits per heavy atom. The summed E-state index contributed by atoms with van der Waals surface area (Å²) in [6, 6.07) is 23.0. The number of furan rings is 1. The summed E-state index contributed by atoms with van der Waals surface area (Å²) >= 11 is 0. The van der Waals surface area contributed by atoms with E-state index in [1.54, 1.807) is 54.6 Å². The zero-order valence-electron chi connectivity index (χ0n) is 16.3. The summed E-state index contributed by atoms with van der Waals surface area (Å²) < 4.78 is 11.0. The Bertz CT molecular complexity index is 1150. The highest BCUT2D eigenvalue weighted by Gasteiger charge is 2.12. The van der Waals surface area contributed by atoms with E-state index in [2.05, 4.69) is 10.6 Å². The largest absolute Gasteiger partial charge is 0.494 e. The number of carbonyl (C=O) groups excluding carboxylic acids is 2. The number of hydrogen-bond acceptors (Lipinski definition) is 4. The number of benzene rings is 3. The van der Waals surface area contributed by atoms with Crippen LogP contribution in [0.2, 0.25) is 0 Å². The third-order valence-electron chi connectivity index (χ3n) is 4.48. The average Bonchev–Trinajstić information content (AvgIpc) is 3.20. The maximum atomic E-state index is 12.4. The molecule has 0 bridgehead atoms. The first-order valence-corrected chi connectivity index (χ1v) is 9.56. The van der Waals surface area contributed by atoms with E-state index in [9.17, 15) is 9.59 Å². The molecule has 1 aromatic heterocycles. The molecule has 0 atom stereocenters. The van der Waals surface area contributed by atoms with Crippen molar-refractivity contribution in [2.24, 2.45) is 0 Å². The highest BCUT2D eigenvalue weighted by atomic mass is 16.5. The first-order chi connectivity index (χ1) is 14.6. The van der Waals surface area contributed by atoms with Crippen molar-refractivity contribution in [3.8, 4) is 5.75 Å². The standard InChI is InChI=1S/C24H20N2O4/c1-2-29-20-13-7-16(8-14-20)23(27)25-18-9-11-19(12-10-18)26-24(28)22-15-17-5-3-4-6-21(17)30-22/h3-15H,2H2,1H3,(H,25,27)(H,26,28). The van der Waals surface area contributed by atoms with Crippen LogP contribution in [-0.4, -0.2) is 18.4 Å². The van der Waals surface area contributed by atoms with Crippen molar-refractivity contribution >= 4 is 34.2 Å². The van der Waals surface area contributed by atoms with Gasteiger partial charge < -0.3 is 19.8 Å². The fourth-order valence-corrected chi connectivity index (χ4v) is 3.00. The summed E-state index contributed by atoms with van der Waals surface area (Å²) in [6.45, 7) is 2.48. The summed E-state index contributed by atoms with van der Waals surface area (Å²) in [7, 11) is 0. The van der Waals surface area contributed by atoms with Crippen molar-refractivity contribution in [2.75, 3.05) is 17.2 Å². The molecule has 30 heavy (non-hydrogen) atoms. The van der Waals surface area contributed by atoms with E-state index in [1.165, 1.54) is 0 Å². The summed E-state index contributed by atoms with van der Waals surface area (Å²) in [5.74, 6) is 0.400. The van der Waals surface area contributed by atoms with Gasteiger partial charge in [-0.3, -0.25) is 9.59 Å². The molecule has 2 amide bonds. The molecule has 6 heteroatoms. The first kappa shape index (κ1) is 19.3. The first-order valence-electron chi connectivity index (χ1n) is 9.56. The molecule has 4 aromatic rings. The molecule has 0 radical (unpaired) electrons. The van der Waals surface area contributed by atoms with Gasteiger partial charge >= 0.3 is 0 Å². The van der Waals surface area contributed by atoms with Crippen molar-refractivity contribution < 1.29 is 18.7 Å². The van der Waals surface area contributed by atoms with Crippen LogP contribution in [0.4, 0.5) is 11.4 Å². The average molecular weight is 400 g/mol. The SMILES string of the molecule is CCOc1ccc(C(=O)Nc2ccc(NC(=O)c3cc4ccccc4o3)cc2)cc1. The normalized spacial score (nSPS) is 10.6. The van der Waals surface area contributed by atoms with Crippen LogP contribution in [0.1, 0.15) is 27.8 Å². The molecule has 0 aliphatic carbocycles. The Kier molecular flexibility index (Phi) is 5.48. The molecule has 4 rings (SSSR count). The minimum atomic E-state index is -0.336. The van der Waals surface area contributed by atoms with Gasteiger partial charge in [-0.2, -0.15) is 0 Å². The van der Waals surface area contributed by atoms with Crippen molar-refractivity contribution in [1.29, 1.82) is 0 Å². The maximum Gasteiger partial charge on any atom is 0.291 e. The topological polar surface area (TPSA) is 80.6 Å². The molecule has 0 fully saturated rings. The number of ether oxygens (including phenoxy) is 1. The molecule has 0 saturated heterocycles.